The summed E-state index contributed by atoms with van der Waals surface area (Å²) in [5.74, 6) is 0. The van der Waals surface area contributed by atoms with Gasteiger partial charge in [-0.2, -0.15) is 5.10 Å². The molecule has 3 aromatic rings. The third-order valence-corrected chi connectivity index (χ3v) is 3.36. The zero-order valence-corrected chi connectivity index (χ0v) is 12.2. The van der Waals surface area contributed by atoms with Gasteiger partial charge in [-0.15, -0.1) is 0 Å². The number of pyridine rings is 1. The average Bonchev–Trinajstić information content (AvgIpc) is 2.58. The first-order valence-corrected chi connectivity index (χ1v) is 7.23. The fourth-order valence-electron chi connectivity index (χ4n) is 2.23. The molecule has 0 atom stereocenters. The fourth-order valence-corrected chi connectivity index (χ4v) is 2.23. The summed E-state index contributed by atoms with van der Waals surface area (Å²) in [6.45, 7) is 0. The molecular formula is C19H17N3. The second-order valence-electron chi connectivity index (χ2n) is 4.97. The predicted octanol–water partition coefficient (Wildman–Crippen LogP) is 4.12. The van der Waals surface area contributed by atoms with Crippen molar-refractivity contribution < 1.29 is 0 Å². The number of benzene rings is 2. The van der Waals surface area contributed by atoms with E-state index in [1.165, 1.54) is 11.1 Å². The van der Waals surface area contributed by atoms with Crippen LogP contribution in [-0.4, -0.2) is 11.2 Å². The molecule has 22 heavy (non-hydrogen) atoms. The minimum atomic E-state index is 0.884. The molecule has 1 N–H and O–H groups in total. The second kappa shape index (κ2) is 7.18. The van der Waals surface area contributed by atoms with E-state index in [0.717, 1.165) is 17.7 Å². The molecule has 2 aromatic carbocycles. The molecule has 0 amide bonds. The molecular weight excluding hydrogens is 270 g/mol. The molecule has 0 saturated carbocycles. The van der Waals surface area contributed by atoms with Crippen LogP contribution in [0.25, 0.3) is 0 Å². The van der Waals surface area contributed by atoms with Gasteiger partial charge in [-0.1, -0.05) is 48.5 Å². The maximum absolute atomic E-state index is 4.31. The van der Waals surface area contributed by atoms with Gasteiger partial charge >= 0.3 is 0 Å². The lowest BCUT2D eigenvalue weighted by Crippen LogP contribution is -1.97. The molecule has 0 saturated heterocycles. The minimum absolute atomic E-state index is 0.884. The Morgan fingerprint density at radius 2 is 1.59 bits per heavy atom. The zero-order chi connectivity index (χ0) is 15.0. The summed E-state index contributed by atoms with van der Waals surface area (Å²) < 4.78 is 0. The van der Waals surface area contributed by atoms with Crippen LogP contribution in [0, 0.1) is 0 Å². The van der Waals surface area contributed by atoms with Crippen molar-refractivity contribution in [2.24, 2.45) is 5.10 Å². The molecule has 0 unspecified atom stereocenters. The fraction of sp³-hybridized carbons (Fsp3) is 0.0526. The van der Waals surface area contributed by atoms with Crippen LogP contribution in [0.3, 0.4) is 0 Å². The van der Waals surface area contributed by atoms with Gasteiger partial charge in [0.25, 0.3) is 0 Å². The van der Waals surface area contributed by atoms with Gasteiger partial charge in [-0.05, 0) is 41.3 Å². The smallest absolute Gasteiger partial charge is 0.0597 e. The van der Waals surface area contributed by atoms with Crippen LogP contribution in [0.5, 0.6) is 0 Å². The maximum atomic E-state index is 4.31. The molecule has 0 radical (unpaired) electrons. The van der Waals surface area contributed by atoms with E-state index < -0.39 is 0 Å². The number of nitrogens with zero attached hydrogens (tertiary/aromatic N) is 2. The molecule has 1 aromatic heterocycles. The predicted molar refractivity (Wildman–Crippen MR) is 91.1 cm³/mol. The van der Waals surface area contributed by atoms with Gasteiger partial charge in [0.1, 0.15) is 0 Å². The van der Waals surface area contributed by atoms with Crippen molar-refractivity contribution in [1.29, 1.82) is 0 Å². The van der Waals surface area contributed by atoms with Gasteiger partial charge in [-0.25, -0.2) is 0 Å². The molecule has 0 spiro atoms. The minimum Gasteiger partial charge on any atom is -0.278 e. The Balaban J connectivity index is 1.73. The highest BCUT2D eigenvalue weighted by Crippen LogP contribution is 2.19. The van der Waals surface area contributed by atoms with Crippen LogP contribution in [0.2, 0.25) is 0 Å². The van der Waals surface area contributed by atoms with E-state index >= 15 is 0 Å². The monoisotopic (exact) mass is 287 g/mol. The maximum Gasteiger partial charge on any atom is 0.0597 e. The number of hydrogen-bond donors (Lipinski definition) is 1. The van der Waals surface area contributed by atoms with E-state index in [0.29, 0.717) is 0 Å². The normalized spacial score (nSPS) is 10.7. The third kappa shape index (κ3) is 3.79. The van der Waals surface area contributed by atoms with Gasteiger partial charge in [0.15, 0.2) is 0 Å². The number of nitrogens with one attached hydrogen (secondary N) is 1. The first kappa shape index (κ1) is 14.0. The van der Waals surface area contributed by atoms with Crippen LogP contribution in [-0.2, 0) is 6.42 Å². The third-order valence-electron chi connectivity index (χ3n) is 3.36. The topological polar surface area (TPSA) is 37.3 Å². The van der Waals surface area contributed by atoms with Crippen LogP contribution in [0.15, 0.2) is 84.2 Å². The van der Waals surface area contributed by atoms with Crippen molar-refractivity contribution in [2.75, 3.05) is 5.43 Å². The lowest BCUT2D eigenvalue weighted by atomic mass is 10.0. The van der Waals surface area contributed by atoms with E-state index in [-0.39, 0.29) is 0 Å². The Kier molecular flexibility index (Phi) is 4.57. The molecule has 0 aliphatic carbocycles. The van der Waals surface area contributed by atoms with E-state index in [1.54, 1.807) is 18.6 Å². The highest BCUT2D eigenvalue weighted by Gasteiger charge is 2.01. The second-order valence-corrected chi connectivity index (χ2v) is 4.97. The van der Waals surface area contributed by atoms with E-state index in [2.05, 4.69) is 51.9 Å². The number of aromatic nitrogens is 1. The lowest BCUT2D eigenvalue weighted by Gasteiger charge is -2.08. The molecule has 1 heterocycles. The summed E-state index contributed by atoms with van der Waals surface area (Å²) in [7, 11) is 0. The van der Waals surface area contributed by atoms with Crippen LogP contribution >= 0.6 is 0 Å². The van der Waals surface area contributed by atoms with E-state index in [9.17, 15) is 0 Å². The largest absolute Gasteiger partial charge is 0.278 e. The van der Waals surface area contributed by atoms with Crippen molar-refractivity contribution in [1.82, 2.24) is 4.98 Å². The zero-order valence-electron chi connectivity index (χ0n) is 12.2. The number of rotatable bonds is 5. The lowest BCUT2D eigenvalue weighted by molar-refractivity contribution is 1.17. The quantitative estimate of drug-likeness (QED) is 0.566. The van der Waals surface area contributed by atoms with Gasteiger partial charge in [0.2, 0.25) is 0 Å². The summed E-state index contributed by atoms with van der Waals surface area (Å²) in [6.07, 6.45) is 6.19. The van der Waals surface area contributed by atoms with Crippen molar-refractivity contribution in [3.8, 4) is 0 Å². The summed E-state index contributed by atoms with van der Waals surface area (Å²) >= 11 is 0. The highest BCUT2D eigenvalue weighted by atomic mass is 15.3. The van der Waals surface area contributed by atoms with Gasteiger partial charge in [0, 0.05) is 12.4 Å². The van der Waals surface area contributed by atoms with Gasteiger partial charge < -0.3 is 0 Å². The SMILES string of the molecule is C(=NNc1ccccc1Cc1ccccc1)c1ccncc1. The van der Waals surface area contributed by atoms with Crippen molar-refractivity contribution in [2.45, 2.75) is 6.42 Å². The number of hydrazone groups is 1. The first-order chi connectivity index (χ1) is 10.9. The number of hydrogen-bond acceptors (Lipinski definition) is 3. The Labute approximate surface area is 130 Å². The Hall–Kier alpha value is -2.94. The summed E-state index contributed by atoms with van der Waals surface area (Å²) in [4.78, 5) is 3.99. The Morgan fingerprint density at radius 1 is 0.864 bits per heavy atom. The number of para-hydroxylation sites is 1. The van der Waals surface area contributed by atoms with Crippen molar-refractivity contribution >= 4 is 11.9 Å². The van der Waals surface area contributed by atoms with E-state index in [1.807, 2.05) is 30.3 Å². The molecule has 0 aliphatic heterocycles. The number of anilines is 1. The van der Waals surface area contributed by atoms with Gasteiger partial charge in [-0.3, -0.25) is 10.4 Å². The van der Waals surface area contributed by atoms with Crippen molar-refractivity contribution in [3.63, 3.8) is 0 Å². The van der Waals surface area contributed by atoms with Crippen LogP contribution in [0.4, 0.5) is 5.69 Å². The molecule has 0 bridgehead atoms. The summed E-state index contributed by atoms with van der Waals surface area (Å²) in [5.41, 5.74) is 7.68. The Morgan fingerprint density at radius 3 is 2.41 bits per heavy atom. The molecule has 108 valence electrons. The molecule has 3 heteroatoms. The molecule has 0 fully saturated rings. The molecule has 3 rings (SSSR count). The summed E-state index contributed by atoms with van der Waals surface area (Å²) in [6, 6.07) is 22.5. The van der Waals surface area contributed by atoms with Crippen molar-refractivity contribution in [3.05, 3.63) is 95.8 Å². The average molecular weight is 287 g/mol. The highest BCUT2D eigenvalue weighted by molar-refractivity contribution is 5.79. The van der Waals surface area contributed by atoms with Crippen LogP contribution in [0.1, 0.15) is 16.7 Å². The van der Waals surface area contributed by atoms with Crippen LogP contribution < -0.4 is 5.43 Å². The standard InChI is InChI=1S/C19H17N3/c1-2-6-16(7-3-1)14-18-8-4-5-9-19(18)22-21-15-17-10-12-20-13-11-17/h1-13,15,22H,14H2. The van der Waals surface area contributed by atoms with Gasteiger partial charge in [0.05, 0.1) is 11.9 Å². The first-order valence-electron chi connectivity index (χ1n) is 7.23. The summed E-state index contributed by atoms with van der Waals surface area (Å²) in [5, 5.41) is 4.31. The van der Waals surface area contributed by atoms with E-state index in [4.69, 9.17) is 0 Å². The molecule has 3 nitrogen and oxygen atoms in total. The molecule has 0 aliphatic rings. The Bertz CT molecular complexity index is 737.